The molecule has 2 radical (unpaired) electrons. The third-order valence-corrected chi connectivity index (χ3v) is 4.04. The molecule has 2 aliphatic carbocycles. The van der Waals surface area contributed by atoms with Crippen molar-refractivity contribution < 1.29 is 21.3 Å². The monoisotopic (exact) mass is 324 g/mol. The van der Waals surface area contributed by atoms with E-state index in [0.717, 1.165) is 9.80 Å². The SMILES string of the molecule is Cc1ccc(S(=O)C2=CC=C[CH]2)cc1.[CH]1C=CC=C1.[Fe]. The van der Waals surface area contributed by atoms with Crippen LogP contribution in [0.1, 0.15) is 5.56 Å². The first-order valence-corrected chi connectivity index (χ1v) is 7.29. The van der Waals surface area contributed by atoms with Crippen LogP contribution in [0, 0.1) is 19.8 Å². The second-order valence-corrected chi connectivity index (χ2v) is 5.64. The van der Waals surface area contributed by atoms with Crippen molar-refractivity contribution >= 4 is 10.8 Å². The molecule has 20 heavy (non-hydrogen) atoms. The van der Waals surface area contributed by atoms with Gasteiger partial charge in [0.1, 0.15) is 0 Å². The fourth-order valence-electron chi connectivity index (χ4n) is 1.60. The first kappa shape index (κ1) is 16.9. The van der Waals surface area contributed by atoms with Crippen molar-refractivity contribution in [3.8, 4) is 0 Å². The van der Waals surface area contributed by atoms with Crippen LogP contribution in [-0.2, 0) is 27.9 Å². The van der Waals surface area contributed by atoms with Crippen LogP contribution in [0.15, 0.2) is 76.6 Å². The Morgan fingerprint density at radius 3 is 1.95 bits per heavy atom. The van der Waals surface area contributed by atoms with Gasteiger partial charge in [-0.25, -0.2) is 4.21 Å². The quantitative estimate of drug-likeness (QED) is 0.750. The number of hydrogen-bond acceptors (Lipinski definition) is 1. The summed E-state index contributed by atoms with van der Waals surface area (Å²) in [6.07, 6.45) is 17.6. The molecule has 0 aliphatic heterocycles. The van der Waals surface area contributed by atoms with Gasteiger partial charge in [0, 0.05) is 39.7 Å². The van der Waals surface area contributed by atoms with Crippen molar-refractivity contribution in [3.05, 3.63) is 90.1 Å². The smallest absolute Gasteiger partial charge is 0.0814 e. The Bertz CT molecular complexity index is 555. The Morgan fingerprint density at radius 1 is 0.850 bits per heavy atom. The maximum Gasteiger partial charge on any atom is 0.0814 e. The topological polar surface area (TPSA) is 17.1 Å². The maximum atomic E-state index is 11.9. The molecule has 2 aliphatic rings. The van der Waals surface area contributed by atoms with Gasteiger partial charge >= 0.3 is 0 Å². The largest absolute Gasteiger partial charge is 0.249 e. The molecule has 1 aromatic carbocycles. The predicted octanol–water partition coefficient (Wildman–Crippen LogP) is 4.07. The third kappa shape index (κ3) is 5.09. The van der Waals surface area contributed by atoms with E-state index in [9.17, 15) is 4.21 Å². The summed E-state index contributed by atoms with van der Waals surface area (Å²) in [5.41, 5.74) is 1.19. The Labute approximate surface area is 134 Å². The molecular weight excluding hydrogens is 308 g/mol. The molecule has 0 N–H and O–H groups in total. The molecule has 1 unspecified atom stereocenters. The zero-order chi connectivity index (χ0) is 13.5. The van der Waals surface area contributed by atoms with Gasteiger partial charge in [-0.1, -0.05) is 54.2 Å². The second kappa shape index (κ2) is 8.91. The molecule has 3 heteroatoms. The fourth-order valence-corrected chi connectivity index (χ4v) is 2.66. The van der Waals surface area contributed by atoms with Gasteiger partial charge in [-0.2, -0.15) is 0 Å². The van der Waals surface area contributed by atoms with E-state index >= 15 is 0 Å². The van der Waals surface area contributed by atoms with Crippen molar-refractivity contribution in [2.45, 2.75) is 11.8 Å². The zero-order valence-corrected chi connectivity index (χ0v) is 13.1. The van der Waals surface area contributed by atoms with Crippen molar-refractivity contribution in [2.75, 3.05) is 0 Å². The Balaban J connectivity index is 0.000000283. The van der Waals surface area contributed by atoms with Crippen LogP contribution in [0.3, 0.4) is 0 Å². The molecule has 0 amide bonds. The van der Waals surface area contributed by atoms with E-state index in [2.05, 4.69) is 0 Å². The molecule has 1 aromatic rings. The second-order valence-electron chi connectivity index (χ2n) is 4.16. The number of hydrogen-bond donors (Lipinski definition) is 0. The normalized spacial score (nSPS) is 16.1. The minimum atomic E-state index is -1.02. The van der Waals surface area contributed by atoms with E-state index in [-0.39, 0.29) is 17.1 Å². The van der Waals surface area contributed by atoms with Crippen molar-refractivity contribution in [1.29, 1.82) is 0 Å². The molecule has 0 fully saturated rings. The summed E-state index contributed by atoms with van der Waals surface area (Å²) in [5.74, 6) is 0. The molecule has 104 valence electrons. The Kier molecular flexibility index (Phi) is 7.53. The van der Waals surface area contributed by atoms with Crippen LogP contribution in [0.25, 0.3) is 0 Å². The van der Waals surface area contributed by atoms with E-state index in [1.165, 1.54) is 5.56 Å². The molecule has 0 aromatic heterocycles. The van der Waals surface area contributed by atoms with Crippen molar-refractivity contribution in [1.82, 2.24) is 0 Å². The number of rotatable bonds is 2. The third-order valence-electron chi connectivity index (χ3n) is 2.64. The van der Waals surface area contributed by atoms with Gasteiger partial charge < -0.3 is 0 Å². The van der Waals surface area contributed by atoms with Gasteiger partial charge in [-0.3, -0.25) is 0 Å². The summed E-state index contributed by atoms with van der Waals surface area (Å²) in [6, 6.07) is 7.79. The number of aryl methyl sites for hydroxylation is 1. The zero-order valence-electron chi connectivity index (χ0n) is 11.2. The van der Waals surface area contributed by atoms with E-state index in [1.807, 2.05) is 86.6 Å². The molecule has 0 heterocycles. The summed E-state index contributed by atoms with van der Waals surface area (Å²) >= 11 is 0. The first-order valence-electron chi connectivity index (χ1n) is 6.14. The molecule has 0 saturated heterocycles. The number of allylic oxidation sites excluding steroid dienone is 8. The minimum Gasteiger partial charge on any atom is -0.249 e. The molecule has 1 nitrogen and oxygen atoms in total. The van der Waals surface area contributed by atoms with Crippen LogP contribution >= 0.6 is 0 Å². The predicted molar refractivity (Wildman–Crippen MR) is 81.7 cm³/mol. The van der Waals surface area contributed by atoms with Crippen molar-refractivity contribution in [3.63, 3.8) is 0 Å². The first-order chi connectivity index (χ1) is 9.27. The Hall–Kier alpha value is -1.15. The van der Waals surface area contributed by atoms with Crippen LogP contribution in [-0.4, -0.2) is 4.21 Å². The van der Waals surface area contributed by atoms with Gasteiger partial charge in [0.05, 0.1) is 10.8 Å². The molecular formula is C17H16FeOS. The molecule has 3 rings (SSSR count). The van der Waals surface area contributed by atoms with Crippen LogP contribution in [0.2, 0.25) is 0 Å². The maximum absolute atomic E-state index is 11.9. The standard InChI is InChI=1S/C12H11OS.C5H5.Fe/c1-10-6-8-12(9-7-10)14(13)11-4-2-3-5-11;1-2-4-5-3-1;/h2-9H,1H3;1-5H;. The Morgan fingerprint density at radius 2 is 1.50 bits per heavy atom. The van der Waals surface area contributed by atoms with Crippen molar-refractivity contribution in [2.24, 2.45) is 0 Å². The minimum absolute atomic E-state index is 0. The summed E-state index contributed by atoms with van der Waals surface area (Å²) < 4.78 is 11.9. The van der Waals surface area contributed by atoms with E-state index in [1.54, 1.807) is 0 Å². The summed E-state index contributed by atoms with van der Waals surface area (Å²) in [5, 5.41) is 0. The average Bonchev–Trinajstić information content (AvgIpc) is 3.15. The van der Waals surface area contributed by atoms with Crippen LogP contribution < -0.4 is 0 Å². The van der Waals surface area contributed by atoms with Gasteiger partial charge in [0.2, 0.25) is 0 Å². The average molecular weight is 324 g/mol. The van der Waals surface area contributed by atoms with E-state index in [4.69, 9.17) is 0 Å². The molecule has 0 saturated carbocycles. The van der Waals surface area contributed by atoms with Gasteiger partial charge in [0.25, 0.3) is 0 Å². The molecule has 0 bridgehead atoms. The van der Waals surface area contributed by atoms with E-state index < -0.39 is 10.8 Å². The van der Waals surface area contributed by atoms with E-state index in [0.29, 0.717) is 0 Å². The molecule has 1 atom stereocenters. The summed E-state index contributed by atoms with van der Waals surface area (Å²) in [7, 11) is -1.02. The number of benzene rings is 1. The van der Waals surface area contributed by atoms with Crippen LogP contribution in [0.5, 0.6) is 0 Å². The van der Waals surface area contributed by atoms with Gasteiger partial charge in [0.15, 0.2) is 0 Å². The fraction of sp³-hybridized carbons (Fsp3) is 0.0588. The van der Waals surface area contributed by atoms with Gasteiger partial charge in [-0.05, 0) is 25.1 Å². The van der Waals surface area contributed by atoms with Crippen LogP contribution in [0.4, 0.5) is 0 Å². The molecule has 0 spiro atoms. The summed E-state index contributed by atoms with van der Waals surface area (Å²) in [6.45, 7) is 2.02. The summed E-state index contributed by atoms with van der Waals surface area (Å²) in [4.78, 5) is 1.73. The van der Waals surface area contributed by atoms with Gasteiger partial charge in [-0.15, -0.1) is 0 Å².